The van der Waals surface area contributed by atoms with Gasteiger partial charge in [-0.15, -0.1) is 0 Å². The molecule has 0 radical (unpaired) electrons. The number of rotatable bonds is 4. The molecule has 0 aliphatic rings. The molecule has 7 heteroatoms. The van der Waals surface area contributed by atoms with Gasteiger partial charge in [0, 0.05) is 6.20 Å². The number of pyridine rings is 1. The topological polar surface area (TPSA) is 91.8 Å². The molecular formula is C12H13NO6. The summed E-state index contributed by atoms with van der Waals surface area (Å²) < 4.78 is 13.8. The molecule has 0 atom stereocenters. The lowest BCUT2D eigenvalue weighted by Gasteiger charge is -2.08. The van der Waals surface area contributed by atoms with Crippen LogP contribution in [0, 0.1) is 0 Å². The number of methoxy groups -OCH3 is 2. The Bertz CT molecular complexity index is 511. The van der Waals surface area contributed by atoms with Crippen LogP contribution in [0.4, 0.5) is 0 Å². The van der Waals surface area contributed by atoms with Crippen LogP contribution in [0.25, 0.3) is 0 Å². The summed E-state index contributed by atoms with van der Waals surface area (Å²) in [6.45, 7) is 1.78. The fourth-order valence-electron chi connectivity index (χ4n) is 1.32. The lowest BCUT2D eigenvalue weighted by Crippen LogP contribution is -2.16. The van der Waals surface area contributed by atoms with E-state index in [9.17, 15) is 14.4 Å². The number of aromatic nitrogens is 1. The van der Waals surface area contributed by atoms with Crippen molar-refractivity contribution in [1.82, 2.24) is 4.98 Å². The first kappa shape index (κ1) is 14.6. The van der Waals surface area contributed by atoms with Crippen LogP contribution in [0.5, 0.6) is 0 Å². The van der Waals surface area contributed by atoms with E-state index in [1.165, 1.54) is 7.11 Å². The first-order valence-corrected chi connectivity index (χ1v) is 5.38. The highest BCUT2D eigenvalue weighted by Crippen LogP contribution is 2.13. The van der Waals surface area contributed by atoms with E-state index in [-0.39, 0.29) is 23.4 Å². The third-order valence-corrected chi connectivity index (χ3v) is 2.20. The van der Waals surface area contributed by atoms with Gasteiger partial charge in [0.1, 0.15) is 5.69 Å². The maximum atomic E-state index is 11.7. The Kier molecular flexibility index (Phi) is 4.99. The van der Waals surface area contributed by atoms with Crippen LogP contribution in [0.1, 0.15) is 38.1 Å². The summed E-state index contributed by atoms with van der Waals surface area (Å²) in [7, 11) is 2.34. The minimum atomic E-state index is -0.768. The molecule has 19 heavy (non-hydrogen) atoms. The molecule has 1 heterocycles. The van der Waals surface area contributed by atoms with E-state index in [4.69, 9.17) is 4.74 Å². The maximum absolute atomic E-state index is 11.7. The van der Waals surface area contributed by atoms with Gasteiger partial charge in [-0.05, 0) is 13.0 Å². The van der Waals surface area contributed by atoms with Crippen LogP contribution in [-0.4, -0.2) is 43.7 Å². The van der Waals surface area contributed by atoms with Crippen LogP contribution in [-0.2, 0) is 14.2 Å². The predicted molar refractivity (Wildman–Crippen MR) is 62.9 cm³/mol. The standard InChI is InChI=1S/C12H13NO6/c1-4-19-11(15)8-6-13-9(12(16)18-3)5-7(8)10(14)17-2/h5-6H,4H2,1-3H3. The van der Waals surface area contributed by atoms with E-state index in [0.717, 1.165) is 19.4 Å². The van der Waals surface area contributed by atoms with Gasteiger partial charge in [0.2, 0.25) is 0 Å². The molecule has 0 unspecified atom stereocenters. The molecule has 1 rings (SSSR count). The summed E-state index contributed by atoms with van der Waals surface area (Å²) in [5.41, 5.74) is -0.270. The van der Waals surface area contributed by atoms with E-state index >= 15 is 0 Å². The highest BCUT2D eigenvalue weighted by molar-refractivity contribution is 6.04. The first-order valence-electron chi connectivity index (χ1n) is 5.38. The van der Waals surface area contributed by atoms with Gasteiger partial charge in [0.05, 0.1) is 32.0 Å². The minimum Gasteiger partial charge on any atom is -0.465 e. The number of hydrogen-bond acceptors (Lipinski definition) is 7. The number of hydrogen-bond donors (Lipinski definition) is 0. The molecule has 0 aliphatic carbocycles. The van der Waals surface area contributed by atoms with Crippen molar-refractivity contribution >= 4 is 17.9 Å². The van der Waals surface area contributed by atoms with Crippen molar-refractivity contribution in [3.63, 3.8) is 0 Å². The third-order valence-electron chi connectivity index (χ3n) is 2.20. The summed E-state index contributed by atoms with van der Waals surface area (Å²) in [5.74, 6) is -2.21. The number of nitrogens with zero attached hydrogens (tertiary/aromatic N) is 1. The minimum absolute atomic E-state index is 0.0682. The van der Waals surface area contributed by atoms with Crippen molar-refractivity contribution in [3.05, 3.63) is 29.1 Å². The van der Waals surface area contributed by atoms with Gasteiger partial charge in [-0.2, -0.15) is 0 Å². The summed E-state index contributed by atoms with van der Waals surface area (Å²) in [6.07, 6.45) is 1.08. The molecule has 7 nitrogen and oxygen atoms in total. The van der Waals surface area contributed by atoms with E-state index in [2.05, 4.69) is 14.5 Å². The van der Waals surface area contributed by atoms with Gasteiger partial charge >= 0.3 is 17.9 Å². The molecule has 0 aliphatic heterocycles. The molecule has 0 bridgehead atoms. The first-order chi connectivity index (χ1) is 9.04. The molecule has 0 spiro atoms. The Labute approximate surface area is 109 Å². The van der Waals surface area contributed by atoms with E-state index in [0.29, 0.717) is 0 Å². The monoisotopic (exact) mass is 267 g/mol. The molecule has 1 aromatic rings. The highest BCUT2D eigenvalue weighted by atomic mass is 16.5. The van der Waals surface area contributed by atoms with Gasteiger partial charge < -0.3 is 14.2 Å². The number of ether oxygens (including phenoxy) is 3. The van der Waals surface area contributed by atoms with Crippen LogP contribution >= 0.6 is 0 Å². The summed E-state index contributed by atoms with van der Waals surface area (Å²) >= 11 is 0. The van der Waals surface area contributed by atoms with Crippen LogP contribution in [0.2, 0.25) is 0 Å². The summed E-state index contributed by atoms with van der Waals surface area (Å²) in [6, 6.07) is 1.13. The Morgan fingerprint density at radius 1 is 1.05 bits per heavy atom. The highest BCUT2D eigenvalue weighted by Gasteiger charge is 2.22. The van der Waals surface area contributed by atoms with Crippen LogP contribution < -0.4 is 0 Å². The lowest BCUT2D eigenvalue weighted by atomic mass is 10.1. The second-order valence-corrected chi connectivity index (χ2v) is 3.32. The van der Waals surface area contributed by atoms with E-state index < -0.39 is 17.9 Å². The normalized spacial score (nSPS) is 9.63. The van der Waals surface area contributed by atoms with Crippen LogP contribution in [0.15, 0.2) is 12.3 Å². The SMILES string of the molecule is CCOC(=O)c1cnc(C(=O)OC)cc1C(=O)OC. The average Bonchev–Trinajstić information content (AvgIpc) is 2.45. The maximum Gasteiger partial charge on any atom is 0.356 e. The predicted octanol–water partition coefficient (Wildman–Crippen LogP) is 0.832. The number of esters is 3. The smallest absolute Gasteiger partial charge is 0.356 e. The van der Waals surface area contributed by atoms with Gasteiger partial charge in [0.15, 0.2) is 0 Å². The molecule has 0 amide bonds. The number of carbonyl (C=O) groups excluding carboxylic acids is 3. The van der Waals surface area contributed by atoms with Crippen molar-refractivity contribution < 1.29 is 28.6 Å². The Hall–Kier alpha value is -2.44. The molecule has 102 valence electrons. The zero-order valence-corrected chi connectivity index (χ0v) is 10.8. The lowest BCUT2D eigenvalue weighted by molar-refractivity contribution is 0.0501. The Balaban J connectivity index is 3.28. The third kappa shape index (κ3) is 3.27. The van der Waals surface area contributed by atoms with Crippen molar-refractivity contribution in [3.8, 4) is 0 Å². The number of carbonyl (C=O) groups is 3. The van der Waals surface area contributed by atoms with Crippen molar-refractivity contribution in [2.24, 2.45) is 0 Å². The molecule has 0 saturated carbocycles. The van der Waals surface area contributed by atoms with Crippen molar-refractivity contribution in [2.75, 3.05) is 20.8 Å². The van der Waals surface area contributed by atoms with Crippen LogP contribution in [0.3, 0.4) is 0 Å². The van der Waals surface area contributed by atoms with E-state index in [1.54, 1.807) is 6.92 Å². The van der Waals surface area contributed by atoms with Gasteiger partial charge in [-0.1, -0.05) is 0 Å². The quantitative estimate of drug-likeness (QED) is 0.589. The van der Waals surface area contributed by atoms with Crippen molar-refractivity contribution in [2.45, 2.75) is 6.92 Å². The zero-order valence-electron chi connectivity index (χ0n) is 10.8. The fourth-order valence-corrected chi connectivity index (χ4v) is 1.32. The second kappa shape index (κ2) is 6.48. The van der Waals surface area contributed by atoms with Gasteiger partial charge in [-0.3, -0.25) is 0 Å². The molecule has 1 aromatic heterocycles. The molecule has 0 fully saturated rings. The average molecular weight is 267 g/mol. The Morgan fingerprint density at radius 2 is 1.68 bits per heavy atom. The van der Waals surface area contributed by atoms with E-state index in [1.807, 2.05) is 0 Å². The van der Waals surface area contributed by atoms with Gasteiger partial charge in [0.25, 0.3) is 0 Å². The molecular weight excluding hydrogens is 254 g/mol. The molecule has 0 N–H and O–H groups in total. The fraction of sp³-hybridized carbons (Fsp3) is 0.333. The largest absolute Gasteiger partial charge is 0.465 e. The summed E-state index contributed by atoms with van der Waals surface area (Å²) in [4.78, 5) is 38.3. The Morgan fingerprint density at radius 3 is 2.21 bits per heavy atom. The molecule has 0 saturated heterocycles. The van der Waals surface area contributed by atoms with Crippen molar-refractivity contribution in [1.29, 1.82) is 0 Å². The zero-order chi connectivity index (χ0) is 14.4. The summed E-state index contributed by atoms with van der Waals surface area (Å²) in [5, 5.41) is 0. The van der Waals surface area contributed by atoms with Gasteiger partial charge in [-0.25, -0.2) is 19.4 Å². The molecule has 0 aromatic carbocycles. The second-order valence-electron chi connectivity index (χ2n) is 3.32.